The van der Waals surface area contributed by atoms with Gasteiger partial charge < -0.3 is 14.4 Å². The normalized spacial score (nSPS) is 22.4. The van der Waals surface area contributed by atoms with Crippen LogP contribution in [0.15, 0.2) is 46.0 Å². The lowest BCUT2D eigenvalue weighted by atomic mass is 9.91. The number of hydrogen-bond acceptors (Lipinski definition) is 8. The highest BCUT2D eigenvalue weighted by atomic mass is 32.1. The molecule has 2 saturated heterocycles. The first-order chi connectivity index (χ1) is 16.0. The van der Waals surface area contributed by atoms with Crippen molar-refractivity contribution in [1.82, 2.24) is 14.8 Å². The van der Waals surface area contributed by atoms with E-state index in [1.54, 1.807) is 31.0 Å². The van der Waals surface area contributed by atoms with Crippen LogP contribution in [0, 0.1) is 12.7 Å². The molecule has 8 nitrogen and oxygen atoms in total. The zero-order valence-corrected chi connectivity index (χ0v) is 19.1. The summed E-state index contributed by atoms with van der Waals surface area (Å²) in [5.74, 6) is -0.175. The Kier molecular flexibility index (Phi) is 5.61. The molecule has 0 spiro atoms. The Labute approximate surface area is 194 Å². The second kappa shape index (κ2) is 8.58. The van der Waals surface area contributed by atoms with Crippen molar-refractivity contribution in [1.29, 1.82) is 0 Å². The van der Waals surface area contributed by atoms with Crippen LogP contribution in [0.4, 0.5) is 9.18 Å². The number of ether oxygens (including phenoxy) is 2. The second-order valence-electron chi connectivity index (χ2n) is 8.05. The highest BCUT2D eigenvalue weighted by Gasteiger charge is 2.45. The number of aromatic nitrogens is 1. The van der Waals surface area contributed by atoms with Gasteiger partial charge in [-0.25, -0.2) is 19.0 Å². The van der Waals surface area contributed by atoms with Gasteiger partial charge in [-0.15, -0.1) is 11.3 Å². The van der Waals surface area contributed by atoms with Crippen LogP contribution < -0.4 is 0 Å². The third-order valence-electron chi connectivity index (χ3n) is 6.12. The molecule has 4 heterocycles. The maximum absolute atomic E-state index is 13.9. The van der Waals surface area contributed by atoms with Crippen molar-refractivity contribution < 1.29 is 23.5 Å². The van der Waals surface area contributed by atoms with E-state index in [1.165, 1.54) is 23.5 Å². The fraction of sp³-hybridized carbons (Fsp3) is 0.391. The number of nitrogens with zero attached hydrogens (tertiary/aromatic N) is 4. The first-order valence-electron chi connectivity index (χ1n) is 10.8. The third-order valence-corrected chi connectivity index (χ3v) is 6.89. The molecule has 1 aromatic carbocycles. The second-order valence-corrected chi connectivity index (χ2v) is 8.95. The monoisotopic (exact) mass is 470 g/mol. The Morgan fingerprint density at radius 2 is 2.24 bits per heavy atom. The lowest BCUT2D eigenvalue weighted by Crippen LogP contribution is -2.40. The van der Waals surface area contributed by atoms with E-state index in [1.807, 2.05) is 10.3 Å². The molecular formula is C23H23FN4O4S. The van der Waals surface area contributed by atoms with Crippen LogP contribution in [0.5, 0.6) is 0 Å². The molecule has 33 heavy (non-hydrogen) atoms. The molecule has 5 rings (SSSR count). The number of thiazole rings is 1. The first-order valence-corrected chi connectivity index (χ1v) is 11.7. The van der Waals surface area contributed by atoms with E-state index in [9.17, 15) is 14.0 Å². The zero-order valence-electron chi connectivity index (χ0n) is 18.3. The summed E-state index contributed by atoms with van der Waals surface area (Å²) in [4.78, 5) is 38.6. The summed E-state index contributed by atoms with van der Waals surface area (Å²) in [5, 5.41) is 2.58. The van der Waals surface area contributed by atoms with Gasteiger partial charge in [0.15, 0.2) is 10.8 Å². The maximum atomic E-state index is 13.9. The van der Waals surface area contributed by atoms with E-state index in [0.717, 1.165) is 11.3 Å². The van der Waals surface area contributed by atoms with Crippen LogP contribution >= 0.6 is 11.3 Å². The molecule has 0 saturated carbocycles. The molecule has 172 valence electrons. The number of amidine groups is 1. The topological polar surface area (TPSA) is 84.3 Å². The summed E-state index contributed by atoms with van der Waals surface area (Å²) >= 11 is 1.45. The van der Waals surface area contributed by atoms with Gasteiger partial charge in [0.1, 0.15) is 18.5 Å². The summed E-state index contributed by atoms with van der Waals surface area (Å²) in [7, 11) is 0. The van der Waals surface area contributed by atoms with Gasteiger partial charge in [-0.2, -0.15) is 0 Å². The highest BCUT2D eigenvalue weighted by Crippen LogP contribution is 2.42. The maximum Gasteiger partial charge on any atom is 0.410 e. The van der Waals surface area contributed by atoms with Crippen molar-refractivity contribution >= 4 is 29.2 Å². The van der Waals surface area contributed by atoms with Crippen LogP contribution in [0.2, 0.25) is 0 Å². The number of carbonyl (C=O) groups excluding carboxylic acids is 2. The number of aliphatic imine (C=N–C) groups is 1. The molecular weight excluding hydrogens is 447 g/mol. The number of hydrogen-bond donors (Lipinski definition) is 0. The van der Waals surface area contributed by atoms with Gasteiger partial charge >= 0.3 is 12.1 Å². The van der Waals surface area contributed by atoms with E-state index in [-0.39, 0.29) is 24.6 Å². The van der Waals surface area contributed by atoms with Crippen LogP contribution in [0.1, 0.15) is 35.5 Å². The van der Waals surface area contributed by atoms with Crippen LogP contribution in [0.25, 0.3) is 0 Å². The number of amides is 1. The SMILES string of the molecule is CCOC(=O)C1=C2C[C@H](N3CCOC3=O)CN2C(c2nccs2)=N[C@H]1c1ccc(F)cc1C. The summed E-state index contributed by atoms with van der Waals surface area (Å²) in [5.41, 5.74) is 2.59. The van der Waals surface area contributed by atoms with Gasteiger partial charge in [-0.3, -0.25) is 9.89 Å². The summed E-state index contributed by atoms with van der Waals surface area (Å²) in [6.45, 7) is 5.10. The Balaban J connectivity index is 1.66. The smallest absolute Gasteiger partial charge is 0.410 e. The number of benzene rings is 1. The quantitative estimate of drug-likeness (QED) is 0.623. The van der Waals surface area contributed by atoms with Gasteiger partial charge in [-0.05, 0) is 37.1 Å². The predicted molar refractivity (Wildman–Crippen MR) is 119 cm³/mol. The lowest BCUT2D eigenvalue weighted by Gasteiger charge is -2.32. The van der Waals surface area contributed by atoms with E-state index in [4.69, 9.17) is 14.5 Å². The molecule has 0 bridgehead atoms. The van der Waals surface area contributed by atoms with Crippen molar-refractivity contribution in [2.45, 2.75) is 32.4 Å². The van der Waals surface area contributed by atoms with E-state index >= 15 is 0 Å². The van der Waals surface area contributed by atoms with E-state index in [2.05, 4.69) is 4.98 Å². The van der Waals surface area contributed by atoms with Gasteiger partial charge in [0.05, 0.1) is 24.8 Å². The van der Waals surface area contributed by atoms with Crippen LogP contribution in [-0.4, -0.2) is 65.0 Å². The predicted octanol–water partition coefficient (Wildman–Crippen LogP) is 3.44. The number of cyclic esters (lactones) is 1. The summed E-state index contributed by atoms with van der Waals surface area (Å²) in [6, 6.07) is 3.64. The number of carbonyl (C=O) groups is 2. The molecule has 0 unspecified atom stereocenters. The van der Waals surface area contributed by atoms with Gasteiger partial charge in [0.2, 0.25) is 0 Å². The molecule has 0 radical (unpaired) electrons. The Morgan fingerprint density at radius 3 is 2.91 bits per heavy atom. The minimum absolute atomic E-state index is 0.169. The van der Waals surface area contributed by atoms with Gasteiger partial charge in [0, 0.05) is 30.2 Å². The largest absolute Gasteiger partial charge is 0.463 e. The lowest BCUT2D eigenvalue weighted by molar-refractivity contribution is -0.139. The molecule has 0 aliphatic carbocycles. The third kappa shape index (κ3) is 3.78. The van der Waals surface area contributed by atoms with Crippen molar-refractivity contribution in [3.05, 3.63) is 63.0 Å². The van der Waals surface area contributed by atoms with E-state index < -0.39 is 12.0 Å². The first kappa shape index (κ1) is 21.6. The number of aryl methyl sites for hydroxylation is 1. The fourth-order valence-electron chi connectivity index (χ4n) is 4.66. The summed E-state index contributed by atoms with van der Waals surface area (Å²) in [6.07, 6.45) is 1.82. The standard InChI is InChI=1S/C23H23FN4O4S/c1-3-31-22(29)18-17-11-15(27-7-8-32-23(27)30)12-28(17)20(21-25-6-9-33-21)26-19(18)16-5-4-14(24)10-13(16)2/h4-6,9-10,15,19H,3,7-8,11-12H2,1-2H3/t15-,19-/m0/s1. The molecule has 10 heteroatoms. The summed E-state index contributed by atoms with van der Waals surface area (Å²) < 4.78 is 24.4. The number of esters is 1. The minimum Gasteiger partial charge on any atom is -0.463 e. The van der Waals surface area contributed by atoms with Crippen molar-refractivity contribution in [2.24, 2.45) is 4.99 Å². The zero-order chi connectivity index (χ0) is 23.1. The van der Waals surface area contributed by atoms with Crippen LogP contribution in [-0.2, 0) is 14.3 Å². The Bertz CT molecular complexity index is 1160. The number of rotatable bonds is 5. The fourth-order valence-corrected chi connectivity index (χ4v) is 5.30. The van der Waals surface area contributed by atoms with Crippen molar-refractivity contribution in [2.75, 3.05) is 26.3 Å². The Hall–Kier alpha value is -3.27. The molecule has 0 N–H and O–H groups in total. The average molecular weight is 471 g/mol. The molecule has 1 aromatic heterocycles. The molecule has 2 aromatic rings. The van der Waals surface area contributed by atoms with Crippen LogP contribution in [0.3, 0.4) is 0 Å². The van der Waals surface area contributed by atoms with Crippen molar-refractivity contribution in [3.63, 3.8) is 0 Å². The minimum atomic E-state index is -0.668. The molecule has 2 fully saturated rings. The highest BCUT2D eigenvalue weighted by molar-refractivity contribution is 7.11. The molecule has 1 amide bonds. The number of halogens is 1. The van der Waals surface area contributed by atoms with Crippen molar-refractivity contribution in [3.8, 4) is 0 Å². The average Bonchev–Trinajstić information content (AvgIpc) is 3.53. The molecule has 2 atom stereocenters. The molecule has 3 aliphatic rings. The van der Waals surface area contributed by atoms with E-state index in [0.29, 0.717) is 48.1 Å². The Morgan fingerprint density at radius 1 is 1.39 bits per heavy atom. The number of fused-ring (bicyclic) bond motifs is 1. The van der Waals surface area contributed by atoms with Gasteiger partial charge in [0.25, 0.3) is 0 Å². The molecule has 3 aliphatic heterocycles. The van der Waals surface area contributed by atoms with Gasteiger partial charge in [-0.1, -0.05) is 6.07 Å².